The molecule has 2 saturated heterocycles. The number of hydrogen-bond acceptors (Lipinski definition) is 3. The van der Waals surface area contributed by atoms with E-state index in [1.807, 2.05) is 0 Å². The van der Waals surface area contributed by atoms with Crippen molar-refractivity contribution in [2.45, 2.75) is 65.1 Å². The summed E-state index contributed by atoms with van der Waals surface area (Å²) >= 11 is 0. The number of carbonyl (C=O) groups is 1. The molecule has 0 radical (unpaired) electrons. The molecule has 4 heteroatoms. The maximum atomic E-state index is 12.5. The molecule has 2 fully saturated rings. The van der Waals surface area contributed by atoms with Crippen LogP contribution >= 0.6 is 0 Å². The van der Waals surface area contributed by atoms with Crippen LogP contribution in [0, 0.1) is 5.92 Å². The minimum absolute atomic E-state index is 0.0592. The Bertz CT molecular complexity index is 315. The van der Waals surface area contributed by atoms with Gasteiger partial charge in [-0.1, -0.05) is 27.2 Å². The van der Waals surface area contributed by atoms with Crippen LogP contribution in [-0.4, -0.2) is 54.1 Å². The molecule has 0 spiro atoms. The summed E-state index contributed by atoms with van der Waals surface area (Å²) in [5, 5.41) is 3.50. The quantitative estimate of drug-likeness (QED) is 0.776. The molecule has 4 nitrogen and oxygen atoms in total. The first-order chi connectivity index (χ1) is 9.65. The van der Waals surface area contributed by atoms with Gasteiger partial charge in [0, 0.05) is 13.1 Å². The fraction of sp³-hybridized carbons (Fsp3) is 0.938. The number of nitrogens with one attached hydrogen (secondary N) is 1. The van der Waals surface area contributed by atoms with Crippen LogP contribution in [0.15, 0.2) is 0 Å². The van der Waals surface area contributed by atoms with Crippen molar-refractivity contribution in [3.63, 3.8) is 0 Å². The van der Waals surface area contributed by atoms with Crippen molar-refractivity contribution in [2.75, 3.05) is 26.2 Å². The highest BCUT2D eigenvalue weighted by Gasteiger charge is 2.37. The summed E-state index contributed by atoms with van der Waals surface area (Å²) in [5.41, 5.74) is 0. The predicted octanol–water partition coefficient (Wildman–Crippen LogP) is 2.05. The number of hydrogen-bond donors (Lipinski definition) is 1. The molecule has 3 atom stereocenters. The highest BCUT2D eigenvalue weighted by atomic mass is 16.2. The molecule has 2 rings (SSSR count). The second kappa shape index (κ2) is 7.41. The molecule has 0 aromatic rings. The Labute approximate surface area is 123 Å². The van der Waals surface area contributed by atoms with E-state index in [0.717, 1.165) is 32.4 Å². The summed E-state index contributed by atoms with van der Waals surface area (Å²) in [6.45, 7) is 11.1. The van der Waals surface area contributed by atoms with Crippen LogP contribution in [0.3, 0.4) is 0 Å². The molecule has 2 heterocycles. The van der Waals surface area contributed by atoms with E-state index in [9.17, 15) is 4.79 Å². The normalized spacial score (nSPS) is 29.4. The monoisotopic (exact) mass is 281 g/mol. The molecule has 0 bridgehead atoms. The topological polar surface area (TPSA) is 35.6 Å². The number of nitrogens with zero attached hydrogens (tertiary/aromatic N) is 2. The SMILES string of the molecule is CCCC1NC(CC)N(CC(C)CN2CCCC2)C1=O. The molecule has 0 aromatic carbocycles. The maximum absolute atomic E-state index is 12.5. The van der Waals surface area contributed by atoms with Crippen molar-refractivity contribution < 1.29 is 4.79 Å². The van der Waals surface area contributed by atoms with Gasteiger partial charge in [0.1, 0.15) is 0 Å². The summed E-state index contributed by atoms with van der Waals surface area (Å²) in [6, 6.07) is 0.0592. The number of rotatable bonds is 7. The summed E-state index contributed by atoms with van der Waals surface area (Å²) in [7, 11) is 0. The van der Waals surface area contributed by atoms with Crippen LogP contribution in [0.4, 0.5) is 0 Å². The minimum Gasteiger partial charge on any atom is -0.325 e. The highest BCUT2D eigenvalue weighted by molar-refractivity contribution is 5.84. The van der Waals surface area contributed by atoms with Gasteiger partial charge in [-0.3, -0.25) is 10.1 Å². The predicted molar refractivity (Wildman–Crippen MR) is 82.5 cm³/mol. The lowest BCUT2D eigenvalue weighted by Crippen LogP contribution is -2.41. The second-order valence-electron chi connectivity index (χ2n) is 6.54. The van der Waals surface area contributed by atoms with E-state index >= 15 is 0 Å². The summed E-state index contributed by atoms with van der Waals surface area (Å²) in [4.78, 5) is 17.1. The first-order valence-electron chi connectivity index (χ1n) is 8.44. The van der Waals surface area contributed by atoms with Gasteiger partial charge < -0.3 is 9.80 Å². The fourth-order valence-corrected chi connectivity index (χ4v) is 3.60. The molecule has 2 aliphatic rings. The molecular weight excluding hydrogens is 250 g/mol. The Kier molecular flexibility index (Phi) is 5.85. The summed E-state index contributed by atoms with van der Waals surface area (Å²) in [6.07, 6.45) is 5.96. The van der Waals surface area contributed by atoms with Crippen LogP contribution in [0.1, 0.15) is 52.9 Å². The van der Waals surface area contributed by atoms with E-state index in [-0.39, 0.29) is 12.2 Å². The summed E-state index contributed by atoms with van der Waals surface area (Å²) in [5.74, 6) is 0.889. The first kappa shape index (κ1) is 15.8. The van der Waals surface area contributed by atoms with E-state index in [2.05, 4.69) is 35.9 Å². The molecule has 1 N–H and O–H groups in total. The van der Waals surface area contributed by atoms with Crippen molar-refractivity contribution in [2.24, 2.45) is 5.92 Å². The molecule has 0 aliphatic carbocycles. The minimum atomic E-state index is 0.0592. The van der Waals surface area contributed by atoms with E-state index in [1.54, 1.807) is 0 Å². The van der Waals surface area contributed by atoms with Gasteiger partial charge in [0.15, 0.2) is 0 Å². The molecule has 0 saturated carbocycles. The first-order valence-corrected chi connectivity index (χ1v) is 8.44. The number of carbonyl (C=O) groups excluding carboxylic acids is 1. The summed E-state index contributed by atoms with van der Waals surface area (Å²) < 4.78 is 0. The number of amides is 1. The zero-order chi connectivity index (χ0) is 14.5. The third-order valence-electron chi connectivity index (χ3n) is 4.59. The molecule has 1 amide bonds. The van der Waals surface area contributed by atoms with E-state index in [4.69, 9.17) is 0 Å². The second-order valence-corrected chi connectivity index (χ2v) is 6.54. The van der Waals surface area contributed by atoms with Crippen LogP contribution in [0.5, 0.6) is 0 Å². The van der Waals surface area contributed by atoms with E-state index in [0.29, 0.717) is 11.8 Å². The maximum Gasteiger partial charge on any atom is 0.241 e. The molecule has 2 aliphatic heterocycles. The van der Waals surface area contributed by atoms with Crippen LogP contribution in [0.2, 0.25) is 0 Å². The van der Waals surface area contributed by atoms with Crippen LogP contribution < -0.4 is 5.32 Å². The lowest BCUT2D eigenvalue weighted by Gasteiger charge is -2.28. The van der Waals surface area contributed by atoms with Gasteiger partial charge in [-0.15, -0.1) is 0 Å². The lowest BCUT2D eigenvalue weighted by molar-refractivity contribution is -0.130. The Morgan fingerprint density at radius 2 is 1.95 bits per heavy atom. The zero-order valence-corrected chi connectivity index (χ0v) is 13.4. The Balaban J connectivity index is 1.86. The van der Waals surface area contributed by atoms with Crippen molar-refractivity contribution >= 4 is 5.91 Å². The molecular formula is C16H31N3O. The van der Waals surface area contributed by atoms with Gasteiger partial charge in [0.25, 0.3) is 0 Å². The van der Waals surface area contributed by atoms with E-state index < -0.39 is 0 Å². The largest absolute Gasteiger partial charge is 0.325 e. The van der Waals surface area contributed by atoms with Crippen LogP contribution in [-0.2, 0) is 4.79 Å². The lowest BCUT2D eigenvalue weighted by atomic mass is 10.1. The van der Waals surface area contributed by atoms with E-state index in [1.165, 1.54) is 25.9 Å². The Morgan fingerprint density at radius 1 is 1.25 bits per heavy atom. The molecule has 116 valence electrons. The molecule has 0 aromatic heterocycles. The van der Waals surface area contributed by atoms with Gasteiger partial charge in [0.05, 0.1) is 12.2 Å². The van der Waals surface area contributed by atoms with Crippen molar-refractivity contribution in [3.8, 4) is 0 Å². The van der Waals surface area contributed by atoms with Gasteiger partial charge >= 0.3 is 0 Å². The Morgan fingerprint density at radius 3 is 2.55 bits per heavy atom. The van der Waals surface area contributed by atoms with Gasteiger partial charge in [-0.05, 0) is 44.7 Å². The molecule has 20 heavy (non-hydrogen) atoms. The third-order valence-corrected chi connectivity index (χ3v) is 4.59. The van der Waals surface area contributed by atoms with Gasteiger partial charge in [-0.25, -0.2) is 0 Å². The van der Waals surface area contributed by atoms with Crippen molar-refractivity contribution in [1.82, 2.24) is 15.1 Å². The average molecular weight is 281 g/mol. The molecule has 3 unspecified atom stereocenters. The average Bonchev–Trinajstić information content (AvgIpc) is 3.02. The number of likely N-dealkylation sites (tertiary alicyclic amines) is 1. The van der Waals surface area contributed by atoms with Gasteiger partial charge in [-0.2, -0.15) is 0 Å². The van der Waals surface area contributed by atoms with Crippen molar-refractivity contribution in [3.05, 3.63) is 0 Å². The zero-order valence-electron chi connectivity index (χ0n) is 13.4. The highest BCUT2D eigenvalue weighted by Crippen LogP contribution is 2.19. The van der Waals surface area contributed by atoms with Gasteiger partial charge in [0.2, 0.25) is 5.91 Å². The fourth-order valence-electron chi connectivity index (χ4n) is 3.60. The standard InChI is InChI=1S/C16H31N3O/c1-4-8-14-16(20)19(15(5-2)17-14)12-13(3)11-18-9-6-7-10-18/h13-15,17H,4-12H2,1-3H3. The smallest absolute Gasteiger partial charge is 0.241 e. The van der Waals surface area contributed by atoms with Crippen molar-refractivity contribution in [1.29, 1.82) is 0 Å². The van der Waals surface area contributed by atoms with Crippen LogP contribution in [0.25, 0.3) is 0 Å². The third kappa shape index (κ3) is 3.73. The Hall–Kier alpha value is -0.610.